The third-order valence-corrected chi connectivity index (χ3v) is 9.76. The van der Waals surface area contributed by atoms with Crippen molar-refractivity contribution in [2.24, 2.45) is 11.8 Å². The van der Waals surface area contributed by atoms with Crippen molar-refractivity contribution < 1.29 is 26.2 Å². The Labute approximate surface area is 253 Å². The predicted molar refractivity (Wildman–Crippen MR) is 166 cm³/mol. The molecule has 0 aliphatic carbocycles. The number of para-hydroxylation sites is 1. The lowest BCUT2D eigenvalue weighted by Crippen LogP contribution is -3.00. The highest BCUT2D eigenvalue weighted by Crippen LogP contribution is 2.50. The van der Waals surface area contributed by atoms with Crippen molar-refractivity contribution in [1.82, 2.24) is 4.98 Å². The summed E-state index contributed by atoms with van der Waals surface area (Å²) in [5, 5.41) is 6.56. The normalized spacial score (nSPS) is 24.2. The van der Waals surface area contributed by atoms with Gasteiger partial charge in [-0.1, -0.05) is 78.9 Å². The molecule has 208 valence electrons. The first-order valence-corrected chi connectivity index (χ1v) is 14.6. The first kappa shape index (κ1) is 27.8. The van der Waals surface area contributed by atoms with E-state index in [0.717, 1.165) is 36.1 Å². The van der Waals surface area contributed by atoms with E-state index in [-0.39, 0.29) is 23.1 Å². The lowest BCUT2D eigenvalue weighted by Gasteiger charge is -2.58. The fourth-order valence-corrected chi connectivity index (χ4v) is 7.90. The van der Waals surface area contributed by atoms with Crippen LogP contribution in [0.2, 0.25) is 0 Å². The van der Waals surface area contributed by atoms with E-state index < -0.39 is 0 Å². The molecule has 3 fully saturated rings. The lowest BCUT2D eigenvalue weighted by atomic mass is 9.70. The summed E-state index contributed by atoms with van der Waals surface area (Å²) >= 11 is 0. The van der Waals surface area contributed by atoms with Crippen LogP contribution in [0.5, 0.6) is 0 Å². The number of rotatable bonds is 8. The number of quaternary nitrogens is 1. The number of piperidine rings is 3. The topological polar surface area (TPSA) is 22.1 Å². The van der Waals surface area contributed by atoms with Crippen LogP contribution in [0.15, 0.2) is 116 Å². The molecule has 2 bridgehead atoms. The van der Waals surface area contributed by atoms with Gasteiger partial charge in [-0.25, -0.2) is 0 Å². The molecule has 3 nitrogen and oxygen atoms in total. The maximum absolute atomic E-state index is 6.80. The second-order valence-electron chi connectivity index (χ2n) is 11.8. The number of aromatic nitrogens is 1. The quantitative estimate of drug-likeness (QED) is 0.134. The zero-order valence-corrected chi connectivity index (χ0v) is 25.0. The zero-order chi connectivity index (χ0) is 27.1. The highest BCUT2D eigenvalue weighted by molar-refractivity contribution is 6.02. The second-order valence-corrected chi connectivity index (χ2v) is 11.8. The Morgan fingerprint density at radius 2 is 1.59 bits per heavy atom. The molecule has 0 spiro atoms. The molecule has 0 amide bonds. The van der Waals surface area contributed by atoms with Crippen LogP contribution in [-0.4, -0.2) is 35.2 Å². The third kappa shape index (κ3) is 4.82. The van der Waals surface area contributed by atoms with E-state index in [1.807, 2.05) is 12.3 Å². The van der Waals surface area contributed by atoms with Crippen LogP contribution < -0.4 is 17.0 Å². The molecular formula is C37H37BrN2O. The van der Waals surface area contributed by atoms with Gasteiger partial charge in [0, 0.05) is 35.9 Å². The molecule has 1 unspecified atom stereocenters. The number of ether oxygens (including phenoxy) is 1. The van der Waals surface area contributed by atoms with Gasteiger partial charge in [0.05, 0.1) is 25.2 Å². The summed E-state index contributed by atoms with van der Waals surface area (Å²) in [6.45, 7) is 12.1. The van der Waals surface area contributed by atoms with Crippen LogP contribution in [0.1, 0.15) is 30.1 Å². The van der Waals surface area contributed by atoms with Crippen molar-refractivity contribution in [2.45, 2.75) is 31.5 Å². The van der Waals surface area contributed by atoms with Gasteiger partial charge in [0.1, 0.15) is 18.7 Å². The molecule has 4 heterocycles. The minimum absolute atomic E-state index is 0. The Morgan fingerprint density at radius 3 is 2.29 bits per heavy atom. The van der Waals surface area contributed by atoms with Gasteiger partial charge in [0.25, 0.3) is 0 Å². The van der Waals surface area contributed by atoms with E-state index in [0.29, 0.717) is 24.5 Å². The van der Waals surface area contributed by atoms with Crippen LogP contribution in [0, 0.1) is 11.8 Å². The van der Waals surface area contributed by atoms with Gasteiger partial charge in [0.15, 0.2) is 0 Å². The minimum Gasteiger partial charge on any atom is -1.00 e. The fraction of sp³-hybridized carbons (Fsp3) is 0.270. The zero-order valence-electron chi connectivity index (χ0n) is 23.5. The van der Waals surface area contributed by atoms with Gasteiger partial charge in [-0.3, -0.25) is 4.98 Å². The number of fused-ring (bicyclic) bond motifs is 6. The monoisotopic (exact) mass is 604 g/mol. The number of benzene rings is 4. The standard InChI is InChI=1S/C37H37N2O.BrH/c1-3-21-40-37(33-17-19-38-35-16-10-9-15-32(33)35)36-23-27-18-20-39(36,24-26(27)4-2)25-34-30-13-7-5-11-28(30)22-29-12-6-8-14-31(29)34;/h3-17,19,22,26-27,36-37H,1-2,18,20-21,23-25H2;1H/q+1;/p-1/t26-,27+,36+,37-,39?;/m1./s1. The van der Waals surface area contributed by atoms with Gasteiger partial charge in [-0.05, 0) is 51.2 Å². The molecule has 3 aliphatic rings. The largest absolute Gasteiger partial charge is 1.00 e. The van der Waals surface area contributed by atoms with Crippen LogP contribution in [0.4, 0.5) is 0 Å². The Morgan fingerprint density at radius 1 is 0.902 bits per heavy atom. The maximum atomic E-state index is 6.80. The van der Waals surface area contributed by atoms with Crippen molar-refractivity contribution >= 4 is 32.4 Å². The second kappa shape index (κ2) is 11.5. The summed E-state index contributed by atoms with van der Waals surface area (Å²) < 4.78 is 7.81. The minimum atomic E-state index is -0.0410. The highest BCUT2D eigenvalue weighted by Gasteiger charge is 2.54. The Hall–Kier alpha value is -3.31. The van der Waals surface area contributed by atoms with Crippen molar-refractivity contribution in [3.05, 3.63) is 128 Å². The van der Waals surface area contributed by atoms with Gasteiger partial charge in [-0.2, -0.15) is 0 Å². The maximum Gasteiger partial charge on any atom is 0.135 e. The summed E-state index contributed by atoms with van der Waals surface area (Å²) in [5.74, 6) is 1.18. The smallest absolute Gasteiger partial charge is 0.135 e. The molecule has 5 aromatic rings. The molecule has 8 rings (SSSR count). The Kier molecular flexibility index (Phi) is 7.82. The number of hydrogen-bond acceptors (Lipinski definition) is 2. The van der Waals surface area contributed by atoms with E-state index in [2.05, 4.69) is 109 Å². The molecule has 3 saturated heterocycles. The molecule has 4 aromatic carbocycles. The highest BCUT2D eigenvalue weighted by atomic mass is 79.9. The Balaban J connectivity index is 0.00000302. The van der Waals surface area contributed by atoms with E-state index in [9.17, 15) is 0 Å². The van der Waals surface area contributed by atoms with Crippen molar-refractivity contribution in [1.29, 1.82) is 0 Å². The number of halogens is 1. The molecule has 0 radical (unpaired) electrons. The van der Waals surface area contributed by atoms with Crippen LogP contribution in [-0.2, 0) is 11.3 Å². The summed E-state index contributed by atoms with van der Waals surface area (Å²) in [4.78, 5) is 4.68. The summed E-state index contributed by atoms with van der Waals surface area (Å²) in [7, 11) is 0. The van der Waals surface area contributed by atoms with Crippen molar-refractivity contribution in [3.63, 3.8) is 0 Å². The molecule has 5 atom stereocenters. The van der Waals surface area contributed by atoms with Gasteiger partial charge >= 0.3 is 0 Å². The molecule has 3 aliphatic heterocycles. The summed E-state index contributed by atoms with van der Waals surface area (Å²) in [5.41, 5.74) is 3.74. The average molecular weight is 606 g/mol. The Bertz CT molecular complexity index is 1670. The van der Waals surface area contributed by atoms with Gasteiger partial charge in [-0.15, -0.1) is 13.2 Å². The molecule has 0 N–H and O–H groups in total. The average Bonchev–Trinajstić information content (AvgIpc) is 3.01. The van der Waals surface area contributed by atoms with E-state index in [1.165, 1.54) is 44.5 Å². The first-order chi connectivity index (χ1) is 19.7. The van der Waals surface area contributed by atoms with E-state index in [1.54, 1.807) is 0 Å². The predicted octanol–water partition coefficient (Wildman–Crippen LogP) is 5.40. The fourth-order valence-electron chi connectivity index (χ4n) is 7.90. The van der Waals surface area contributed by atoms with E-state index >= 15 is 0 Å². The van der Waals surface area contributed by atoms with Crippen LogP contribution in [0.25, 0.3) is 32.4 Å². The SMILES string of the molecule is C=CCO[C@H](c1ccnc2ccccc12)[C@@H]1C[C@@H]2CC[N+]1(Cc1c3ccccc3cc3ccccc13)C[C@H]2C=C.[Br-]. The molecular weight excluding hydrogens is 568 g/mol. The number of pyridine rings is 1. The van der Waals surface area contributed by atoms with Crippen molar-refractivity contribution in [3.8, 4) is 0 Å². The van der Waals surface area contributed by atoms with Gasteiger partial charge in [0.2, 0.25) is 0 Å². The summed E-state index contributed by atoms with van der Waals surface area (Å²) in [6.07, 6.45) is 8.41. The van der Waals surface area contributed by atoms with Crippen molar-refractivity contribution in [2.75, 3.05) is 19.7 Å². The van der Waals surface area contributed by atoms with Crippen LogP contribution in [0.3, 0.4) is 0 Å². The number of nitrogens with zero attached hydrogens (tertiary/aromatic N) is 2. The number of hydrogen-bond donors (Lipinski definition) is 0. The molecule has 41 heavy (non-hydrogen) atoms. The molecule has 1 aromatic heterocycles. The first-order valence-electron chi connectivity index (χ1n) is 14.6. The summed E-state index contributed by atoms with van der Waals surface area (Å²) in [6, 6.07) is 31.2. The van der Waals surface area contributed by atoms with Crippen LogP contribution >= 0.6 is 0 Å². The third-order valence-electron chi connectivity index (χ3n) is 9.76. The lowest BCUT2D eigenvalue weighted by molar-refractivity contribution is -0.984. The van der Waals surface area contributed by atoms with Gasteiger partial charge < -0.3 is 26.2 Å². The molecule has 0 saturated carbocycles. The van der Waals surface area contributed by atoms with E-state index in [4.69, 9.17) is 4.74 Å². The molecule has 4 heteroatoms.